The fourth-order valence-electron chi connectivity index (χ4n) is 3.17. The van der Waals surface area contributed by atoms with Gasteiger partial charge in [-0.05, 0) is 35.5 Å². The van der Waals surface area contributed by atoms with Gasteiger partial charge in [0.25, 0.3) is 5.91 Å². The summed E-state index contributed by atoms with van der Waals surface area (Å²) < 4.78 is 0. The normalized spacial score (nSPS) is 20.1. The van der Waals surface area contributed by atoms with Gasteiger partial charge in [0.05, 0.1) is 10.7 Å². The highest BCUT2D eigenvalue weighted by Crippen LogP contribution is 2.35. The molecule has 2 aromatic carbocycles. The van der Waals surface area contributed by atoms with Crippen LogP contribution < -0.4 is 4.90 Å². The average Bonchev–Trinajstić information content (AvgIpc) is 2.77. The molecule has 110 valence electrons. The third-order valence-corrected chi connectivity index (χ3v) is 5.02. The predicted molar refractivity (Wildman–Crippen MR) is 91.0 cm³/mol. The number of amides is 1. The maximum atomic E-state index is 12.9. The number of halogens is 1. The Morgan fingerprint density at radius 3 is 2.50 bits per heavy atom. The van der Waals surface area contributed by atoms with Crippen LogP contribution in [0.3, 0.4) is 0 Å². The van der Waals surface area contributed by atoms with Gasteiger partial charge in [-0.3, -0.25) is 9.69 Å². The standard InChI is InChI=1S/C17H13ClN2OS/c18-13-7-3-4-8-14(13)20-16(21)15-9-11-5-1-2-6-12(11)10-19(15)17(20)22/h1-8,15H,9-10H2/t15-/m0/s1. The number of fused-ring (bicyclic) bond motifs is 2. The van der Waals surface area contributed by atoms with E-state index in [2.05, 4.69) is 12.1 Å². The Balaban J connectivity index is 1.75. The Morgan fingerprint density at radius 1 is 1.05 bits per heavy atom. The largest absolute Gasteiger partial charge is 0.332 e. The van der Waals surface area contributed by atoms with Gasteiger partial charge in [-0.25, -0.2) is 0 Å². The van der Waals surface area contributed by atoms with Gasteiger partial charge in [0.2, 0.25) is 0 Å². The van der Waals surface area contributed by atoms with E-state index < -0.39 is 0 Å². The number of rotatable bonds is 1. The highest BCUT2D eigenvalue weighted by molar-refractivity contribution is 7.80. The Bertz CT molecular complexity index is 749. The van der Waals surface area contributed by atoms with E-state index in [0.29, 0.717) is 28.8 Å². The SMILES string of the molecule is O=C1[C@@H]2Cc3ccccc3CN2C(=S)N1c1ccccc1Cl. The Labute approximate surface area is 139 Å². The van der Waals surface area contributed by atoms with Gasteiger partial charge in [0, 0.05) is 13.0 Å². The van der Waals surface area contributed by atoms with Crippen LogP contribution in [0.5, 0.6) is 0 Å². The van der Waals surface area contributed by atoms with Crippen LogP contribution in [0, 0.1) is 0 Å². The zero-order chi connectivity index (χ0) is 15.3. The molecule has 3 nitrogen and oxygen atoms in total. The summed E-state index contributed by atoms with van der Waals surface area (Å²) in [5, 5.41) is 1.08. The second kappa shape index (κ2) is 5.07. The fourth-order valence-corrected chi connectivity index (χ4v) is 3.77. The average molecular weight is 329 g/mol. The van der Waals surface area contributed by atoms with Crippen LogP contribution in [0.1, 0.15) is 11.1 Å². The van der Waals surface area contributed by atoms with Crippen molar-refractivity contribution >= 4 is 40.5 Å². The molecule has 2 aromatic rings. The molecule has 1 atom stereocenters. The molecule has 5 heteroatoms. The van der Waals surface area contributed by atoms with Crippen LogP contribution >= 0.6 is 23.8 Å². The minimum absolute atomic E-state index is 0.00704. The Hall–Kier alpha value is -1.91. The predicted octanol–water partition coefficient (Wildman–Crippen LogP) is 3.40. The van der Waals surface area contributed by atoms with E-state index in [0.717, 1.165) is 0 Å². The summed E-state index contributed by atoms with van der Waals surface area (Å²) in [7, 11) is 0. The van der Waals surface area contributed by atoms with E-state index in [1.165, 1.54) is 11.1 Å². The minimum Gasteiger partial charge on any atom is -0.332 e. The molecule has 0 aliphatic carbocycles. The van der Waals surface area contributed by atoms with E-state index in [4.69, 9.17) is 23.8 Å². The number of benzene rings is 2. The van der Waals surface area contributed by atoms with Crippen molar-refractivity contribution < 1.29 is 4.79 Å². The molecule has 22 heavy (non-hydrogen) atoms. The topological polar surface area (TPSA) is 23.6 Å². The van der Waals surface area contributed by atoms with Crippen molar-refractivity contribution in [3.63, 3.8) is 0 Å². The lowest BCUT2D eigenvalue weighted by molar-refractivity contribution is -0.119. The number of para-hydroxylation sites is 1. The molecular weight excluding hydrogens is 316 g/mol. The Morgan fingerprint density at radius 2 is 1.73 bits per heavy atom. The fraction of sp³-hybridized carbons (Fsp3) is 0.176. The van der Waals surface area contributed by atoms with Gasteiger partial charge in [0.1, 0.15) is 6.04 Å². The first-order chi connectivity index (χ1) is 10.7. The first kappa shape index (κ1) is 13.7. The third kappa shape index (κ3) is 1.95. The summed E-state index contributed by atoms with van der Waals surface area (Å²) in [6.45, 7) is 0.673. The van der Waals surface area contributed by atoms with Crippen LogP contribution in [-0.2, 0) is 17.8 Å². The van der Waals surface area contributed by atoms with Crippen molar-refractivity contribution in [2.45, 2.75) is 19.0 Å². The molecule has 2 aliphatic heterocycles. The molecule has 0 bridgehead atoms. The summed E-state index contributed by atoms with van der Waals surface area (Å²) in [4.78, 5) is 16.4. The lowest BCUT2D eigenvalue weighted by atomic mass is 9.95. The zero-order valence-electron chi connectivity index (χ0n) is 11.7. The molecule has 2 heterocycles. The molecule has 0 radical (unpaired) electrons. The molecule has 1 amide bonds. The van der Waals surface area contributed by atoms with Gasteiger partial charge < -0.3 is 4.90 Å². The number of thiocarbonyl (C=S) groups is 1. The number of hydrogen-bond donors (Lipinski definition) is 0. The lowest BCUT2D eigenvalue weighted by Gasteiger charge is -2.30. The van der Waals surface area contributed by atoms with E-state index in [9.17, 15) is 4.79 Å². The van der Waals surface area contributed by atoms with E-state index in [1.807, 2.05) is 35.2 Å². The monoisotopic (exact) mass is 328 g/mol. The molecule has 0 N–H and O–H groups in total. The number of nitrogens with zero attached hydrogens (tertiary/aromatic N) is 2. The minimum atomic E-state index is -0.223. The molecule has 1 fully saturated rings. The number of carbonyl (C=O) groups excluding carboxylic acids is 1. The number of carbonyl (C=O) groups is 1. The van der Waals surface area contributed by atoms with Crippen molar-refractivity contribution in [3.05, 3.63) is 64.7 Å². The molecule has 1 saturated heterocycles. The molecule has 0 unspecified atom stereocenters. The van der Waals surface area contributed by atoms with Crippen LogP contribution in [0.2, 0.25) is 5.02 Å². The maximum Gasteiger partial charge on any atom is 0.256 e. The molecule has 2 aliphatic rings. The van der Waals surface area contributed by atoms with Crippen LogP contribution in [0.4, 0.5) is 5.69 Å². The first-order valence-electron chi connectivity index (χ1n) is 7.12. The molecule has 4 rings (SSSR count). The van der Waals surface area contributed by atoms with Crippen molar-refractivity contribution in [1.29, 1.82) is 0 Å². The molecule has 0 spiro atoms. The summed E-state index contributed by atoms with van der Waals surface area (Å²) in [5.41, 5.74) is 3.12. The number of anilines is 1. The summed E-state index contributed by atoms with van der Waals surface area (Å²) in [6.07, 6.45) is 0.691. The highest BCUT2D eigenvalue weighted by atomic mass is 35.5. The molecule has 0 aromatic heterocycles. The highest BCUT2D eigenvalue weighted by Gasteiger charge is 2.45. The van der Waals surface area contributed by atoms with Gasteiger partial charge in [-0.15, -0.1) is 0 Å². The summed E-state index contributed by atoms with van der Waals surface area (Å²) >= 11 is 11.8. The first-order valence-corrected chi connectivity index (χ1v) is 7.91. The number of hydrogen-bond acceptors (Lipinski definition) is 2. The van der Waals surface area contributed by atoms with E-state index in [-0.39, 0.29) is 11.9 Å². The van der Waals surface area contributed by atoms with Crippen molar-refractivity contribution in [2.24, 2.45) is 0 Å². The van der Waals surface area contributed by atoms with Crippen molar-refractivity contribution in [2.75, 3.05) is 4.90 Å². The van der Waals surface area contributed by atoms with Gasteiger partial charge in [-0.1, -0.05) is 48.0 Å². The van der Waals surface area contributed by atoms with E-state index in [1.54, 1.807) is 11.0 Å². The lowest BCUT2D eigenvalue weighted by Crippen LogP contribution is -2.39. The second-order valence-corrected chi connectivity index (χ2v) is 6.30. The Kier molecular flexibility index (Phi) is 3.17. The van der Waals surface area contributed by atoms with Crippen molar-refractivity contribution in [1.82, 2.24) is 4.90 Å². The summed E-state index contributed by atoms with van der Waals surface area (Å²) in [5.74, 6) is 0.00704. The zero-order valence-corrected chi connectivity index (χ0v) is 13.3. The smallest absolute Gasteiger partial charge is 0.256 e. The van der Waals surface area contributed by atoms with Crippen LogP contribution in [0.25, 0.3) is 0 Å². The maximum absolute atomic E-state index is 12.9. The van der Waals surface area contributed by atoms with Gasteiger partial charge in [-0.2, -0.15) is 0 Å². The van der Waals surface area contributed by atoms with Gasteiger partial charge in [0.15, 0.2) is 5.11 Å². The quantitative estimate of drug-likeness (QED) is 0.750. The molecular formula is C17H13ClN2OS. The molecule has 0 saturated carbocycles. The van der Waals surface area contributed by atoms with E-state index >= 15 is 0 Å². The second-order valence-electron chi connectivity index (χ2n) is 5.52. The van der Waals surface area contributed by atoms with Gasteiger partial charge >= 0.3 is 0 Å². The summed E-state index contributed by atoms with van der Waals surface area (Å²) in [6, 6.07) is 15.3. The van der Waals surface area contributed by atoms with Crippen molar-refractivity contribution in [3.8, 4) is 0 Å². The third-order valence-electron chi connectivity index (χ3n) is 4.28. The van der Waals surface area contributed by atoms with Crippen LogP contribution in [0.15, 0.2) is 48.5 Å². The van der Waals surface area contributed by atoms with Crippen LogP contribution in [-0.4, -0.2) is 22.0 Å².